The number of amides is 1. The molecule has 2 aliphatic rings. The molecule has 2 aromatic carbocycles. The van der Waals surface area contributed by atoms with Gasteiger partial charge in [0.25, 0.3) is 5.91 Å². The van der Waals surface area contributed by atoms with Crippen molar-refractivity contribution in [3.8, 4) is 5.75 Å². The van der Waals surface area contributed by atoms with E-state index in [1.165, 1.54) is 35.6 Å². The zero-order valence-electron chi connectivity index (χ0n) is 18.5. The van der Waals surface area contributed by atoms with Crippen molar-refractivity contribution in [1.29, 1.82) is 0 Å². The number of likely N-dealkylation sites (tertiary alicyclic amines) is 1. The Morgan fingerprint density at radius 2 is 1.66 bits per heavy atom. The molecule has 4 rings (SSSR count). The first-order valence-corrected chi connectivity index (χ1v) is 13.1. The molecular formula is C24H31N3O4S. The van der Waals surface area contributed by atoms with Gasteiger partial charge in [0.05, 0.1) is 18.5 Å². The van der Waals surface area contributed by atoms with Crippen LogP contribution in [0.1, 0.15) is 36.8 Å². The predicted octanol–water partition coefficient (Wildman–Crippen LogP) is 2.91. The van der Waals surface area contributed by atoms with E-state index in [-0.39, 0.29) is 12.5 Å². The van der Waals surface area contributed by atoms with Crippen LogP contribution in [0.2, 0.25) is 0 Å². The third-order valence-electron chi connectivity index (χ3n) is 6.02. The van der Waals surface area contributed by atoms with E-state index in [0.717, 1.165) is 31.5 Å². The van der Waals surface area contributed by atoms with E-state index in [1.807, 2.05) is 12.1 Å². The number of sulfonamides is 1. The second-order valence-corrected chi connectivity index (χ2v) is 10.5. The number of para-hydroxylation sites is 2. The van der Waals surface area contributed by atoms with Gasteiger partial charge < -0.3 is 10.1 Å². The van der Waals surface area contributed by atoms with Crippen LogP contribution in [0.5, 0.6) is 5.75 Å². The Balaban J connectivity index is 1.34. The molecule has 1 atom stereocenters. The van der Waals surface area contributed by atoms with E-state index < -0.39 is 16.1 Å². The second kappa shape index (κ2) is 9.92. The van der Waals surface area contributed by atoms with E-state index in [9.17, 15) is 13.2 Å². The van der Waals surface area contributed by atoms with Crippen molar-refractivity contribution in [2.45, 2.75) is 44.9 Å². The Kier molecular flexibility index (Phi) is 7.01. The summed E-state index contributed by atoms with van der Waals surface area (Å²) in [6.07, 6.45) is 5.43. The second-order valence-electron chi connectivity index (χ2n) is 8.59. The summed E-state index contributed by atoms with van der Waals surface area (Å²) in [6.45, 7) is 3.60. The standard InChI is InChI=1S/C24H31N3O4S/c1-32(29,30)27-18-23(31-22-9-5-4-8-21(22)27)24(28)25-16-19-10-12-20(13-11-19)17-26-14-6-2-3-7-15-26/h4-5,8-13,23H,2-3,6-7,14-18H2,1H3,(H,25,28). The molecule has 8 heteroatoms. The van der Waals surface area contributed by atoms with Gasteiger partial charge in [0, 0.05) is 13.1 Å². The number of rotatable bonds is 6. The van der Waals surface area contributed by atoms with Gasteiger partial charge in [-0.15, -0.1) is 0 Å². The quantitative estimate of drug-likeness (QED) is 0.722. The molecule has 1 unspecified atom stereocenters. The largest absolute Gasteiger partial charge is 0.476 e. The fraction of sp³-hybridized carbons (Fsp3) is 0.458. The van der Waals surface area contributed by atoms with Gasteiger partial charge >= 0.3 is 0 Å². The zero-order valence-corrected chi connectivity index (χ0v) is 19.3. The molecule has 2 aromatic rings. The van der Waals surface area contributed by atoms with Crippen molar-refractivity contribution in [2.75, 3.05) is 30.2 Å². The molecular weight excluding hydrogens is 426 g/mol. The lowest BCUT2D eigenvalue weighted by atomic mass is 10.1. The van der Waals surface area contributed by atoms with Gasteiger partial charge in [0.2, 0.25) is 10.0 Å². The van der Waals surface area contributed by atoms with Crippen LogP contribution in [0.25, 0.3) is 0 Å². The number of benzene rings is 2. The predicted molar refractivity (Wildman–Crippen MR) is 125 cm³/mol. The summed E-state index contributed by atoms with van der Waals surface area (Å²) in [5.74, 6) is 0.0592. The highest BCUT2D eigenvalue weighted by molar-refractivity contribution is 7.92. The van der Waals surface area contributed by atoms with E-state index in [2.05, 4.69) is 22.3 Å². The van der Waals surface area contributed by atoms with Gasteiger partial charge in [0.15, 0.2) is 6.10 Å². The molecule has 1 fully saturated rings. The number of hydrogen-bond donors (Lipinski definition) is 1. The third-order valence-corrected chi connectivity index (χ3v) is 7.17. The molecule has 0 spiro atoms. The van der Waals surface area contributed by atoms with Gasteiger partial charge in [0.1, 0.15) is 5.75 Å². The molecule has 2 heterocycles. The number of nitrogens with zero attached hydrogens (tertiary/aromatic N) is 2. The monoisotopic (exact) mass is 457 g/mol. The highest BCUT2D eigenvalue weighted by atomic mass is 32.2. The number of carbonyl (C=O) groups excluding carboxylic acids is 1. The third kappa shape index (κ3) is 5.61. The average molecular weight is 458 g/mol. The summed E-state index contributed by atoms with van der Waals surface area (Å²) in [7, 11) is -3.52. The minimum atomic E-state index is -3.52. The van der Waals surface area contributed by atoms with Gasteiger partial charge in [-0.05, 0) is 49.2 Å². The summed E-state index contributed by atoms with van der Waals surface area (Å²) in [6, 6.07) is 15.2. The molecule has 0 radical (unpaired) electrons. The molecule has 32 heavy (non-hydrogen) atoms. The van der Waals surface area contributed by atoms with Gasteiger partial charge in [-0.3, -0.25) is 14.0 Å². The molecule has 1 saturated heterocycles. The molecule has 1 amide bonds. The minimum Gasteiger partial charge on any atom is -0.476 e. The Labute approximate surface area is 190 Å². The number of fused-ring (bicyclic) bond motifs is 1. The molecule has 2 aliphatic heterocycles. The van der Waals surface area contributed by atoms with Crippen molar-refractivity contribution < 1.29 is 17.9 Å². The highest BCUT2D eigenvalue weighted by Gasteiger charge is 2.34. The van der Waals surface area contributed by atoms with Gasteiger partial charge in [-0.2, -0.15) is 0 Å². The summed E-state index contributed by atoms with van der Waals surface area (Å²) < 4.78 is 31.5. The lowest BCUT2D eigenvalue weighted by molar-refractivity contribution is -0.127. The van der Waals surface area contributed by atoms with Crippen molar-refractivity contribution in [1.82, 2.24) is 10.2 Å². The normalized spacial score (nSPS) is 19.5. The van der Waals surface area contributed by atoms with Crippen molar-refractivity contribution in [3.05, 3.63) is 59.7 Å². The molecule has 0 bridgehead atoms. The van der Waals surface area contributed by atoms with Crippen LogP contribution < -0.4 is 14.4 Å². The highest BCUT2D eigenvalue weighted by Crippen LogP contribution is 2.34. The minimum absolute atomic E-state index is 0.0452. The molecule has 0 saturated carbocycles. The smallest absolute Gasteiger partial charge is 0.263 e. The Morgan fingerprint density at radius 3 is 2.34 bits per heavy atom. The fourth-order valence-corrected chi connectivity index (χ4v) is 5.19. The molecule has 0 aliphatic carbocycles. The van der Waals surface area contributed by atoms with Crippen LogP contribution in [-0.4, -0.2) is 51.2 Å². The fourth-order valence-electron chi connectivity index (χ4n) is 4.27. The molecule has 0 aromatic heterocycles. The zero-order chi connectivity index (χ0) is 22.6. The first-order chi connectivity index (χ1) is 15.4. The average Bonchev–Trinajstić information content (AvgIpc) is 3.05. The number of hydrogen-bond acceptors (Lipinski definition) is 5. The van der Waals surface area contributed by atoms with Crippen LogP contribution in [0.3, 0.4) is 0 Å². The summed E-state index contributed by atoms with van der Waals surface area (Å²) in [4.78, 5) is 15.3. The van der Waals surface area contributed by atoms with E-state index in [4.69, 9.17) is 4.74 Å². The van der Waals surface area contributed by atoms with Crippen LogP contribution in [0.15, 0.2) is 48.5 Å². The Hall–Kier alpha value is -2.58. The van der Waals surface area contributed by atoms with E-state index in [1.54, 1.807) is 24.3 Å². The summed E-state index contributed by atoms with van der Waals surface area (Å²) >= 11 is 0. The first-order valence-electron chi connectivity index (χ1n) is 11.2. The van der Waals surface area contributed by atoms with Crippen molar-refractivity contribution in [3.63, 3.8) is 0 Å². The molecule has 1 N–H and O–H groups in total. The van der Waals surface area contributed by atoms with Crippen LogP contribution >= 0.6 is 0 Å². The van der Waals surface area contributed by atoms with Crippen molar-refractivity contribution in [2.24, 2.45) is 0 Å². The maximum absolute atomic E-state index is 12.8. The Morgan fingerprint density at radius 1 is 1.00 bits per heavy atom. The maximum Gasteiger partial charge on any atom is 0.263 e. The summed E-state index contributed by atoms with van der Waals surface area (Å²) in [5, 5.41) is 2.88. The first kappa shape index (κ1) is 22.6. The number of nitrogens with one attached hydrogen (secondary N) is 1. The van der Waals surface area contributed by atoms with E-state index >= 15 is 0 Å². The lowest BCUT2D eigenvalue weighted by Crippen LogP contribution is -2.50. The van der Waals surface area contributed by atoms with Gasteiger partial charge in [-0.25, -0.2) is 8.42 Å². The van der Waals surface area contributed by atoms with E-state index in [0.29, 0.717) is 18.0 Å². The van der Waals surface area contributed by atoms with Crippen LogP contribution in [0.4, 0.5) is 5.69 Å². The number of ether oxygens (including phenoxy) is 1. The SMILES string of the molecule is CS(=O)(=O)N1CC(C(=O)NCc2ccc(CN3CCCCCC3)cc2)Oc2ccccc21. The topological polar surface area (TPSA) is 79.0 Å². The van der Waals surface area contributed by atoms with Gasteiger partial charge in [-0.1, -0.05) is 49.2 Å². The summed E-state index contributed by atoms with van der Waals surface area (Å²) in [5.41, 5.74) is 2.73. The Bertz CT molecular complexity index is 1030. The number of anilines is 1. The number of carbonyl (C=O) groups is 1. The van der Waals surface area contributed by atoms with Crippen LogP contribution in [-0.2, 0) is 27.9 Å². The molecule has 172 valence electrons. The van der Waals surface area contributed by atoms with Crippen LogP contribution in [0, 0.1) is 0 Å². The van der Waals surface area contributed by atoms with Crippen molar-refractivity contribution >= 4 is 21.6 Å². The maximum atomic E-state index is 12.8. The molecule has 7 nitrogen and oxygen atoms in total. The lowest BCUT2D eigenvalue weighted by Gasteiger charge is -2.33.